The van der Waals surface area contributed by atoms with Crippen LogP contribution in [0.15, 0.2) is 42.5 Å². The Morgan fingerprint density at radius 1 is 1.10 bits per heavy atom. The second-order valence-electron chi connectivity index (χ2n) is 4.25. The fourth-order valence-corrected chi connectivity index (χ4v) is 2.48. The van der Waals surface area contributed by atoms with E-state index < -0.39 is 0 Å². The van der Waals surface area contributed by atoms with E-state index >= 15 is 0 Å². The summed E-state index contributed by atoms with van der Waals surface area (Å²) in [6.07, 6.45) is 0. The molecule has 0 aromatic heterocycles. The zero-order chi connectivity index (χ0) is 14.5. The van der Waals surface area contributed by atoms with E-state index in [0.29, 0.717) is 11.6 Å². The number of hydrogen-bond donors (Lipinski definition) is 0. The monoisotopic (exact) mass is 310 g/mol. The molecule has 2 nitrogen and oxygen atoms in total. The molecule has 0 fully saturated rings. The van der Waals surface area contributed by atoms with E-state index in [9.17, 15) is 0 Å². The quantitative estimate of drug-likeness (QED) is 0.717. The lowest BCUT2D eigenvalue weighted by atomic mass is 10.0. The van der Waals surface area contributed by atoms with Crippen LogP contribution in [0.25, 0.3) is 0 Å². The number of methoxy groups -OCH3 is 1. The first-order chi connectivity index (χ1) is 9.65. The minimum absolute atomic E-state index is 0.320. The Kier molecular flexibility index (Phi) is 5.16. The van der Waals surface area contributed by atoms with E-state index in [1.165, 1.54) is 0 Å². The minimum atomic E-state index is -0.320. The topological polar surface area (TPSA) is 18.5 Å². The third-order valence-corrected chi connectivity index (χ3v) is 3.67. The molecule has 0 aliphatic rings. The Morgan fingerprint density at radius 3 is 2.40 bits per heavy atom. The molecule has 0 N–H and O–H groups in total. The molecule has 0 saturated carbocycles. The van der Waals surface area contributed by atoms with Gasteiger partial charge in [0.1, 0.15) is 11.5 Å². The van der Waals surface area contributed by atoms with Crippen LogP contribution in [-0.2, 0) is 0 Å². The molecule has 4 heteroatoms. The van der Waals surface area contributed by atoms with Gasteiger partial charge in [-0.2, -0.15) is 0 Å². The van der Waals surface area contributed by atoms with Crippen LogP contribution in [-0.4, -0.2) is 13.7 Å². The van der Waals surface area contributed by atoms with E-state index in [0.717, 1.165) is 22.6 Å². The van der Waals surface area contributed by atoms with Gasteiger partial charge in [0.15, 0.2) is 0 Å². The number of ether oxygens (including phenoxy) is 2. The first-order valence-corrected chi connectivity index (χ1v) is 7.17. The second kappa shape index (κ2) is 6.87. The molecule has 2 rings (SSSR count). The van der Waals surface area contributed by atoms with Crippen LogP contribution < -0.4 is 9.47 Å². The average molecular weight is 311 g/mol. The fourth-order valence-electron chi connectivity index (χ4n) is 1.98. The first kappa shape index (κ1) is 15.0. The highest BCUT2D eigenvalue weighted by molar-refractivity contribution is 6.31. The summed E-state index contributed by atoms with van der Waals surface area (Å²) in [5.74, 6) is 1.56. The van der Waals surface area contributed by atoms with Crippen LogP contribution in [0.5, 0.6) is 11.5 Å². The number of halogens is 2. The van der Waals surface area contributed by atoms with E-state index in [4.69, 9.17) is 32.7 Å². The number of alkyl halides is 1. The predicted octanol–water partition coefficient (Wildman–Crippen LogP) is 5.08. The van der Waals surface area contributed by atoms with E-state index in [1.807, 2.05) is 43.3 Å². The van der Waals surface area contributed by atoms with Crippen molar-refractivity contribution in [3.8, 4) is 11.5 Å². The van der Waals surface area contributed by atoms with Gasteiger partial charge in [-0.05, 0) is 42.8 Å². The van der Waals surface area contributed by atoms with Crippen molar-refractivity contribution in [2.45, 2.75) is 12.3 Å². The maximum atomic E-state index is 6.54. The smallest absolute Gasteiger partial charge is 0.123 e. The van der Waals surface area contributed by atoms with Crippen LogP contribution in [0.2, 0.25) is 5.02 Å². The van der Waals surface area contributed by atoms with Gasteiger partial charge in [0.05, 0.1) is 19.1 Å². The molecule has 0 saturated heterocycles. The highest BCUT2D eigenvalue weighted by Crippen LogP contribution is 2.37. The third kappa shape index (κ3) is 3.38. The third-order valence-electron chi connectivity index (χ3n) is 2.95. The van der Waals surface area contributed by atoms with E-state index in [1.54, 1.807) is 13.2 Å². The van der Waals surface area contributed by atoms with Crippen molar-refractivity contribution in [3.63, 3.8) is 0 Å². The maximum Gasteiger partial charge on any atom is 0.123 e. The summed E-state index contributed by atoms with van der Waals surface area (Å²) in [4.78, 5) is 0. The number of rotatable bonds is 5. The van der Waals surface area contributed by atoms with Crippen molar-refractivity contribution in [2.24, 2.45) is 0 Å². The first-order valence-electron chi connectivity index (χ1n) is 6.36. The van der Waals surface area contributed by atoms with Gasteiger partial charge in [-0.1, -0.05) is 23.7 Å². The summed E-state index contributed by atoms with van der Waals surface area (Å²) >= 11 is 12.6. The Morgan fingerprint density at radius 2 is 1.80 bits per heavy atom. The summed E-state index contributed by atoms with van der Waals surface area (Å²) in [6.45, 7) is 2.60. The normalized spacial score (nSPS) is 12.0. The molecule has 0 amide bonds. The molecule has 0 spiro atoms. The van der Waals surface area contributed by atoms with Gasteiger partial charge in [-0.25, -0.2) is 0 Å². The van der Waals surface area contributed by atoms with Gasteiger partial charge in [-0.15, -0.1) is 11.6 Å². The number of benzene rings is 2. The summed E-state index contributed by atoms with van der Waals surface area (Å²) in [7, 11) is 1.62. The molecule has 0 bridgehead atoms. The Hall–Kier alpha value is -1.38. The molecule has 20 heavy (non-hydrogen) atoms. The zero-order valence-electron chi connectivity index (χ0n) is 11.4. The van der Waals surface area contributed by atoms with E-state index in [2.05, 4.69) is 0 Å². The van der Waals surface area contributed by atoms with Gasteiger partial charge in [0, 0.05) is 10.6 Å². The average Bonchev–Trinajstić information content (AvgIpc) is 2.47. The minimum Gasteiger partial charge on any atom is -0.496 e. The van der Waals surface area contributed by atoms with Gasteiger partial charge in [0.25, 0.3) is 0 Å². The maximum absolute atomic E-state index is 6.54. The number of hydrogen-bond acceptors (Lipinski definition) is 2. The molecular formula is C16H16Cl2O2. The second-order valence-corrected chi connectivity index (χ2v) is 5.12. The van der Waals surface area contributed by atoms with Crippen molar-refractivity contribution >= 4 is 23.2 Å². The van der Waals surface area contributed by atoms with Crippen LogP contribution >= 0.6 is 23.2 Å². The van der Waals surface area contributed by atoms with Crippen LogP contribution in [0.4, 0.5) is 0 Å². The molecule has 1 unspecified atom stereocenters. The van der Waals surface area contributed by atoms with Gasteiger partial charge >= 0.3 is 0 Å². The molecule has 2 aromatic carbocycles. The molecule has 0 aliphatic heterocycles. The van der Waals surface area contributed by atoms with Gasteiger partial charge < -0.3 is 9.47 Å². The molecular weight excluding hydrogens is 295 g/mol. The predicted molar refractivity (Wildman–Crippen MR) is 83.3 cm³/mol. The molecule has 0 heterocycles. The molecule has 2 aromatic rings. The van der Waals surface area contributed by atoms with Crippen LogP contribution in [0.3, 0.4) is 0 Å². The van der Waals surface area contributed by atoms with Crippen LogP contribution in [0, 0.1) is 0 Å². The van der Waals surface area contributed by atoms with Crippen molar-refractivity contribution in [3.05, 3.63) is 58.6 Å². The lowest BCUT2D eigenvalue weighted by Gasteiger charge is -2.15. The van der Waals surface area contributed by atoms with Gasteiger partial charge in [-0.3, -0.25) is 0 Å². The summed E-state index contributed by atoms with van der Waals surface area (Å²) in [6, 6.07) is 13.1. The highest BCUT2D eigenvalue weighted by atomic mass is 35.5. The van der Waals surface area contributed by atoms with Crippen molar-refractivity contribution in [1.82, 2.24) is 0 Å². The van der Waals surface area contributed by atoms with Crippen LogP contribution in [0.1, 0.15) is 23.4 Å². The Balaban J connectivity index is 2.30. The lowest BCUT2D eigenvalue weighted by Crippen LogP contribution is -1.98. The van der Waals surface area contributed by atoms with E-state index in [-0.39, 0.29) is 5.38 Å². The summed E-state index contributed by atoms with van der Waals surface area (Å²) in [5.41, 5.74) is 1.82. The SMILES string of the molecule is CCOc1ccc(C(Cl)c2cc(Cl)ccc2OC)cc1. The molecule has 0 radical (unpaired) electrons. The summed E-state index contributed by atoms with van der Waals surface area (Å²) < 4.78 is 10.8. The van der Waals surface area contributed by atoms with Gasteiger partial charge in [0.2, 0.25) is 0 Å². The molecule has 1 atom stereocenters. The summed E-state index contributed by atoms with van der Waals surface area (Å²) in [5, 5.41) is 0.316. The molecule has 106 valence electrons. The van der Waals surface area contributed by atoms with Crippen molar-refractivity contribution in [1.29, 1.82) is 0 Å². The Labute approximate surface area is 129 Å². The van der Waals surface area contributed by atoms with Crippen molar-refractivity contribution < 1.29 is 9.47 Å². The zero-order valence-corrected chi connectivity index (χ0v) is 12.9. The standard InChI is InChI=1S/C16H16Cl2O2/c1-3-20-13-7-4-11(5-8-13)16(18)14-10-12(17)6-9-15(14)19-2/h4-10,16H,3H2,1-2H3. The van der Waals surface area contributed by atoms with Crippen molar-refractivity contribution in [2.75, 3.05) is 13.7 Å². The highest BCUT2D eigenvalue weighted by Gasteiger charge is 2.16. The fraction of sp³-hybridized carbons (Fsp3) is 0.250. The molecule has 0 aliphatic carbocycles. The lowest BCUT2D eigenvalue weighted by molar-refractivity contribution is 0.340. The largest absolute Gasteiger partial charge is 0.496 e. The Bertz CT molecular complexity index is 567.